The molecule has 0 aliphatic carbocycles. The van der Waals surface area contributed by atoms with Crippen LogP contribution in [0.2, 0.25) is 0 Å². The number of aryl methyl sites for hydroxylation is 1. The highest BCUT2D eigenvalue weighted by Crippen LogP contribution is 2.23. The standard InChI is InChI=1S/C14H15BrN2O3S/c1-2-10-5-6-12(8-11(10)9-18)21(19,20)17-14-13(15)4-3-7-16-14/h3-8,18H,2,9H2,1H3,(H,16,17). The van der Waals surface area contributed by atoms with Crippen LogP contribution < -0.4 is 4.72 Å². The predicted octanol–water partition coefficient (Wildman–Crippen LogP) is 2.70. The van der Waals surface area contributed by atoms with E-state index in [0.717, 1.165) is 12.0 Å². The van der Waals surface area contributed by atoms with Crippen LogP contribution >= 0.6 is 15.9 Å². The van der Waals surface area contributed by atoms with E-state index < -0.39 is 10.0 Å². The van der Waals surface area contributed by atoms with Gasteiger partial charge in [0.1, 0.15) is 0 Å². The molecule has 0 fully saturated rings. The van der Waals surface area contributed by atoms with Crippen LogP contribution in [0, 0.1) is 0 Å². The molecule has 112 valence electrons. The molecule has 21 heavy (non-hydrogen) atoms. The van der Waals surface area contributed by atoms with Gasteiger partial charge in [-0.05, 0) is 57.7 Å². The molecule has 0 bridgehead atoms. The first-order valence-corrected chi connectivity index (χ1v) is 8.61. The number of nitrogens with one attached hydrogen (secondary N) is 1. The average Bonchev–Trinajstić information content (AvgIpc) is 2.48. The molecule has 2 rings (SSSR count). The van der Waals surface area contributed by atoms with Gasteiger partial charge in [-0.3, -0.25) is 4.72 Å². The minimum absolute atomic E-state index is 0.0984. The predicted molar refractivity (Wildman–Crippen MR) is 84.5 cm³/mol. The number of aromatic nitrogens is 1. The molecule has 1 aromatic heterocycles. The lowest BCUT2D eigenvalue weighted by Gasteiger charge is -2.11. The second-order valence-electron chi connectivity index (χ2n) is 4.38. The highest BCUT2D eigenvalue weighted by atomic mass is 79.9. The molecule has 0 aliphatic rings. The van der Waals surface area contributed by atoms with Gasteiger partial charge in [-0.2, -0.15) is 0 Å². The Morgan fingerprint density at radius 3 is 2.67 bits per heavy atom. The molecule has 7 heteroatoms. The minimum Gasteiger partial charge on any atom is -0.392 e. The fourth-order valence-corrected chi connectivity index (χ4v) is 3.47. The van der Waals surface area contributed by atoms with E-state index in [4.69, 9.17) is 0 Å². The second kappa shape index (κ2) is 6.55. The van der Waals surface area contributed by atoms with Crippen molar-refractivity contribution in [1.82, 2.24) is 4.98 Å². The molecule has 0 spiro atoms. The molecule has 0 atom stereocenters. The number of anilines is 1. The van der Waals surface area contributed by atoms with Crippen molar-refractivity contribution in [2.45, 2.75) is 24.8 Å². The lowest BCUT2D eigenvalue weighted by Crippen LogP contribution is -2.15. The highest BCUT2D eigenvalue weighted by Gasteiger charge is 2.17. The summed E-state index contributed by atoms with van der Waals surface area (Å²) in [6.07, 6.45) is 2.23. The number of rotatable bonds is 5. The largest absolute Gasteiger partial charge is 0.392 e. The SMILES string of the molecule is CCc1ccc(S(=O)(=O)Nc2ncccc2Br)cc1CO. The van der Waals surface area contributed by atoms with Crippen molar-refractivity contribution in [2.75, 3.05) is 4.72 Å². The molecule has 0 saturated carbocycles. The number of pyridine rings is 1. The van der Waals surface area contributed by atoms with E-state index in [9.17, 15) is 13.5 Å². The monoisotopic (exact) mass is 370 g/mol. The number of hydrogen-bond donors (Lipinski definition) is 2. The maximum atomic E-state index is 12.4. The normalized spacial score (nSPS) is 11.4. The first-order chi connectivity index (χ1) is 9.97. The van der Waals surface area contributed by atoms with Crippen LogP contribution in [-0.2, 0) is 23.1 Å². The van der Waals surface area contributed by atoms with E-state index in [1.165, 1.54) is 18.3 Å². The zero-order chi connectivity index (χ0) is 15.5. The number of hydrogen-bond acceptors (Lipinski definition) is 4. The lowest BCUT2D eigenvalue weighted by molar-refractivity contribution is 0.280. The quantitative estimate of drug-likeness (QED) is 0.847. The van der Waals surface area contributed by atoms with Gasteiger partial charge in [-0.15, -0.1) is 0 Å². The Morgan fingerprint density at radius 2 is 2.05 bits per heavy atom. The van der Waals surface area contributed by atoms with Crippen molar-refractivity contribution in [3.63, 3.8) is 0 Å². The summed E-state index contributed by atoms with van der Waals surface area (Å²) in [5.41, 5.74) is 1.54. The van der Waals surface area contributed by atoms with Gasteiger partial charge < -0.3 is 5.11 Å². The van der Waals surface area contributed by atoms with E-state index in [1.54, 1.807) is 18.2 Å². The maximum Gasteiger partial charge on any atom is 0.263 e. The fourth-order valence-electron chi connectivity index (χ4n) is 1.91. The van der Waals surface area contributed by atoms with Crippen molar-refractivity contribution in [2.24, 2.45) is 0 Å². The third-order valence-electron chi connectivity index (χ3n) is 3.03. The van der Waals surface area contributed by atoms with Gasteiger partial charge in [0.05, 0.1) is 16.0 Å². The number of sulfonamides is 1. The van der Waals surface area contributed by atoms with Gasteiger partial charge >= 0.3 is 0 Å². The average molecular weight is 371 g/mol. The van der Waals surface area contributed by atoms with Crippen LogP contribution in [-0.4, -0.2) is 18.5 Å². The molecule has 1 heterocycles. The van der Waals surface area contributed by atoms with Crippen LogP contribution in [0.3, 0.4) is 0 Å². The Balaban J connectivity index is 2.38. The summed E-state index contributed by atoms with van der Waals surface area (Å²) in [5.74, 6) is 0.225. The summed E-state index contributed by atoms with van der Waals surface area (Å²) in [6, 6.07) is 8.12. The summed E-state index contributed by atoms with van der Waals surface area (Å²) in [5, 5.41) is 9.34. The van der Waals surface area contributed by atoms with E-state index in [0.29, 0.717) is 10.0 Å². The Hall–Kier alpha value is -1.44. The minimum atomic E-state index is -3.75. The number of aliphatic hydroxyl groups is 1. The van der Waals surface area contributed by atoms with Crippen molar-refractivity contribution in [3.8, 4) is 0 Å². The van der Waals surface area contributed by atoms with Crippen LogP contribution in [0.1, 0.15) is 18.1 Å². The summed E-state index contributed by atoms with van der Waals surface area (Å²) in [6.45, 7) is 1.76. The zero-order valence-electron chi connectivity index (χ0n) is 11.4. The number of benzene rings is 1. The summed E-state index contributed by atoms with van der Waals surface area (Å²) in [4.78, 5) is 4.08. The topological polar surface area (TPSA) is 79.3 Å². The molecule has 0 unspecified atom stereocenters. The molecule has 2 N–H and O–H groups in total. The van der Waals surface area contributed by atoms with Crippen LogP contribution in [0.15, 0.2) is 45.9 Å². The molecule has 0 radical (unpaired) electrons. The first kappa shape index (κ1) is 15.9. The van der Waals surface area contributed by atoms with Crippen LogP contribution in [0.25, 0.3) is 0 Å². The molecule has 5 nitrogen and oxygen atoms in total. The lowest BCUT2D eigenvalue weighted by atomic mass is 10.1. The van der Waals surface area contributed by atoms with E-state index in [1.807, 2.05) is 6.92 Å². The van der Waals surface area contributed by atoms with Crippen molar-refractivity contribution < 1.29 is 13.5 Å². The molecular weight excluding hydrogens is 356 g/mol. The Labute approximate surface area is 132 Å². The smallest absolute Gasteiger partial charge is 0.263 e. The zero-order valence-corrected chi connectivity index (χ0v) is 13.8. The Bertz CT molecular complexity index is 748. The highest BCUT2D eigenvalue weighted by molar-refractivity contribution is 9.10. The van der Waals surface area contributed by atoms with Crippen molar-refractivity contribution in [3.05, 3.63) is 52.1 Å². The molecule has 1 aromatic carbocycles. The van der Waals surface area contributed by atoms with E-state index >= 15 is 0 Å². The van der Waals surface area contributed by atoms with Crippen molar-refractivity contribution >= 4 is 31.8 Å². The van der Waals surface area contributed by atoms with Crippen molar-refractivity contribution in [1.29, 1.82) is 0 Å². The second-order valence-corrected chi connectivity index (χ2v) is 6.92. The summed E-state index contributed by atoms with van der Waals surface area (Å²) >= 11 is 3.24. The molecule has 0 amide bonds. The van der Waals surface area contributed by atoms with Gasteiger partial charge in [0.25, 0.3) is 10.0 Å². The molecular formula is C14H15BrN2O3S. The Kier molecular flexibility index (Phi) is 4.97. The number of halogens is 1. The van der Waals surface area contributed by atoms with Crippen LogP contribution in [0.5, 0.6) is 0 Å². The van der Waals surface area contributed by atoms with E-state index in [2.05, 4.69) is 25.6 Å². The van der Waals surface area contributed by atoms with Gasteiger partial charge in [0, 0.05) is 6.20 Å². The van der Waals surface area contributed by atoms with Gasteiger partial charge in [-0.1, -0.05) is 13.0 Å². The fraction of sp³-hybridized carbons (Fsp3) is 0.214. The molecule has 0 aliphatic heterocycles. The van der Waals surface area contributed by atoms with Gasteiger partial charge in [-0.25, -0.2) is 13.4 Å². The summed E-state index contributed by atoms with van der Waals surface area (Å²) in [7, 11) is -3.75. The maximum absolute atomic E-state index is 12.4. The molecule has 0 saturated heterocycles. The van der Waals surface area contributed by atoms with E-state index in [-0.39, 0.29) is 17.3 Å². The third-order valence-corrected chi connectivity index (χ3v) is 5.01. The number of nitrogens with zero attached hydrogens (tertiary/aromatic N) is 1. The Morgan fingerprint density at radius 1 is 1.29 bits per heavy atom. The summed E-state index contributed by atoms with van der Waals surface area (Å²) < 4.78 is 27.7. The number of aliphatic hydroxyl groups excluding tert-OH is 1. The third kappa shape index (κ3) is 3.61. The molecule has 2 aromatic rings. The van der Waals surface area contributed by atoms with Crippen LogP contribution in [0.4, 0.5) is 5.82 Å². The van der Waals surface area contributed by atoms with Gasteiger partial charge in [0.15, 0.2) is 5.82 Å². The van der Waals surface area contributed by atoms with Gasteiger partial charge in [0.2, 0.25) is 0 Å². The first-order valence-electron chi connectivity index (χ1n) is 6.34.